The summed E-state index contributed by atoms with van der Waals surface area (Å²) >= 11 is 0. The fourth-order valence-corrected chi connectivity index (χ4v) is 7.14. The normalized spacial score (nSPS) is 30.4. The number of ether oxygens (including phenoxy) is 1. The van der Waals surface area contributed by atoms with Gasteiger partial charge in [0, 0.05) is 43.5 Å². The highest BCUT2D eigenvalue weighted by atomic mass is 16.6. The van der Waals surface area contributed by atoms with Crippen LogP contribution < -0.4 is 0 Å². The molecule has 1 fully saturated rings. The van der Waals surface area contributed by atoms with E-state index in [1.54, 1.807) is 16.7 Å². The maximum atomic E-state index is 13.1. The molecule has 3 nitrogen and oxygen atoms in total. The van der Waals surface area contributed by atoms with Gasteiger partial charge in [-0.3, -0.25) is 4.79 Å². The minimum absolute atomic E-state index is 0.0269. The third kappa shape index (κ3) is 4.17. The van der Waals surface area contributed by atoms with Crippen LogP contribution in [0, 0.1) is 11.8 Å². The fourth-order valence-electron chi connectivity index (χ4n) is 7.14. The summed E-state index contributed by atoms with van der Waals surface area (Å²) in [7, 11) is 0. The topological polar surface area (TPSA) is 29.5 Å². The standard InChI is InChI=1S/C30H41NO2/c1-3-5-6-7-18-28(32)33-30(4-2)20-22-13-12-15-24-27-17-10-11-19-31(27)21-25(29(22)24)23-14-8-9-16-26(23)30/h8,10-11,14,17,24,26H,3-7,9,12-13,15-16,18-21H2,1-2H3. The van der Waals surface area contributed by atoms with Gasteiger partial charge in [0.1, 0.15) is 5.60 Å². The third-order valence-corrected chi connectivity index (χ3v) is 8.77. The second kappa shape index (κ2) is 9.68. The van der Waals surface area contributed by atoms with Crippen molar-refractivity contribution in [1.82, 2.24) is 4.90 Å². The Kier molecular flexibility index (Phi) is 6.67. The molecule has 5 rings (SSSR count). The molecule has 0 radical (unpaired) electrons. The zero-order valence-corrected chi connectivity index (χ0v) is 20.7. The van der Waals surface area contributed by atoms with E-state index in [-0.39, 0.29) is 11.6 Å². The molecule has 33 heavy (non-hydrogen) atoms. The molecule has 0 aromatic rings. The summed E-state index contributed by atoms with van der Waals surface area (Å²) in [6.45, 7) is 6.49. The first-order valence-electron chi connectivity index (χ1n) is 13.6. The molecular formula is C30H41NO2. The first kappa shape index (κ1) is 22.7. The molecule has 3 aliphatic carbocycles. The first-order valence-corrected chi connectivity index (χ1v) is 13.6. The highest BCUT2D eigenvalue weighted by Crippen LogP contribution is 2.54. The number of piperidine rings is 1. The lowest BCUT2D eigenvalue weighted by Crippen LogP contribution is -2.44. The Morgan fingerprint density at radius 2 is 2.09 bits per heavy atom. The third-order valence-electron chi connectivity index (χ3n) is 8.77. The number of unbranched alkanes of at least 4 members (excludes halogenated alkanes) is 3. The second-order valence-corrected chi connectivity index (χ2v) is 10.7. The molecule has 0 amide bonds. The minimum Gasteiger partial charge on any atom is -0.458 e. The molecule has 0 N–H and O–H groups in total. The van der Waals surface area contributed by atoms with Crippen molar-refractivity contribution in [2.24, 2.45) is 11.8 Å². The van der Waals surface area contributed by atoms with E-state index < -0.39 is 0 Å². The monoisotopic (exact) mass is 447 g/mol. The lowest BCUT2D eigenvalue weighted by atomic mass is 9.72. The van der Waals surface area contributed by atoms with Gasteiger partial charge in [-0.05, 0) is 67.7 Å². The smallest absolute Gasteiger partial charge is 0.306 e. The van der Waals surface area contributed by atoms with Crippen LogP contribution in [-0.2, 0) is 9.53 Å². The Hall–Kier alpha value is -2.03. The van der Waals surface area contributed by atoms with Crippen molar-refractivity contribution in [3.63, 3.8) is 0 Å². The van der Waals surface area contributed by atoms with Crippen molar-refractivity contribution >= 4 is 5.97 Å². The molecule has 3 atom stereocenters. The van der Waals surface area contributed by atoms with Crippen molar-refractivity contribution in [2.75, 3.05) is 13.1 Å². The summed E-state index contributed by atoms with van der Waals surface area (Å²) < 4.78 is 6.59. The zero-order valence-electron chi connectivity index (χ0n) is 20.7. The number of carbonyl (C=O) groups is 1. The molecule has 5 aliphatic rings. The lowest BCUT2D eigenvalue weighted by Gasteiger charge is -2.44. The predicted octanol–water partition coefficient (Wildman–Crippen LogP) is 7.18. The van der Waals surface area contributed by atoms with Gasteiger partial charge in [0.25, 0.3) is 0 Å². The summed E-state index contributed by atoms with van der Waals surface area (Å²) in [5.41, 5.74) is 7.39. The fraction of sp³-hybridized carbons (Fsp3) is 0.633. The lowest BCUT2D eigenvalue weighted by molar-refractivity contribution is -0.166. The predicted molar refractivity (Wildman–Crippen MR) is 135 cm³/mol. The average molecular weight is 448 g/mol. The Morgan fingerprint density at radius 1 is 1.18 bits per heavy atom. The number of hydrogen-bond donors (Lipinski definition) is 0. The maximum absolute atomic E-state index is 13.1. The molecule has 0 aromatic carbocycles. The van der Waals surface area contributed by atoms with Crippen LogP contribution in [0.4, 0.5) is 0 Å². The van der Waals surface area contributed by atoms with Crippen molar-refractivity contribution < 1.29 is 9.53 Å². The largest absolute Gasteiger partial charge is 0.458 e. The van der Waals surface area contributed by atoms with Crippen LogP contribution in [0.1, 0.15) is 90.9 Å². The van der Waals surface area contributed by atoms with Gasteiger partial charge < -0.3 is 9.64 Å². The number of allylic oxidation sites excluding steroid dienone is 5. The highest BCUT2D eigenvalue weighted by Gasteiger charge is 2.49. The maximum Gasteiger partial charge on any atom is 0.306 e. The van der Waals surface area contributed by atoms with Gasteiger partial charge in [0.15, 0.2) is 0 Å². The van der Waals surface area contributed by atoms with E-state index in [1.807, 2.05) is 0 Å². The molecule has 0 spiro atoms. The minimum atomic E-state index is -0.385. The molecule has 2 heterocycles. The molecule has 0 aromatic heterocycles. The van der Waals surface area contributed by atoms with Crippen LogP contribution in [-0.4, -0.2) is 29.6 Å². The van der Waals surface area contributed by atoms with Crippen molar-refractivity contribution in [1.29, 1.82) is 0 Å². The summed E-state index contributed by atoms with van der Waals surface area (Å²) in [6, 6.07) is 0. The van der Waals surface area contributed by atoms with Crippen LogP contribution in [0.3, 0.4) is 0 Å². The molecule has 178 valence electrons. The SMILES string of the molecule is CCCCCCC(=O)OC1(CC)CC2=C3C(=C4C=CCCC41)CN1CC=CC=C1C3CCC2. The Bertz CT molecular complexity index is 933. The summed E-state index contributed by atoms with van der Waals surface area (Å²) in [4.78, 5) is 15.7. The average Bonchev–Trinajstić information content (AvgIpc) is 2.96. The van der Waals surface area contributed by atoms with Crippen LogP contribution in [0.15, 0.2) is 58.4 Å². The van der Waals surface area contributed by atoms with Gasteiger partial charge in [0.2, 0.25) is 0 Å². The van der Waals surface area contributed by atoms with Gasteiger partial charge in [-0.25, -0.2) is 0 Å². The number of carbonyl (C=O) groups excluding carboxylic acids is 1. The van der Waals surface area contributed by atoms with Gasteiger partial charge >= 0.3 is 5.97 Å². The summed E-state index contributed by atoms with van der Waals surface area (Å²) in [5.74, 6) is 0.863. The van der Waals surface area contributed by atoms with E-state index in [9.17, 15) is 4.79 Å². The Morgan fingerprint density at radius 3 is 2.94 bits per heavy atom. The van der Waals surface area contributed by atoms with Crippen LogP contribution in [0.2, 0.25) is 0 Å². The first-order chi connectivity index (χ1) is 16.2. The number of rotatable bonds is 7. The van der Waals surface area contributed by atoms with E-state index in [0.717, 1.165) is 58.0 Å². The van der Waals surface area contributed by atoms with E-state index in [1.165, 1.54) is 37.0 Å². The van der Waals surface area contributed by atoms with Crippen molar-refractivity contribution in [3.05, 3.63) is 58.4 Å². The number of nitrogens with zero attached hydrogens (tertiary/aromatic N) is 1. The van der Waals surface area contributed by atoms with E-state index >= 15 is 0 Å². The van der Waals surface area contributed by atoms with Crippen LogP contribution in [0.25, 0.3) is 0 Å². The second-order valence-electron chi connectivity index (χ2n) is 10.7. The van der Waals surface area contributed by atoms with Crippen molar-refractivity contribution in [3.8, 4) is 0 Å². The quantitative estimate of drug-likeness (QED) is 0.306. The number of fused-ring (bicyclic) bond motifs is 3. The van der Waals surface area contributed by atoms with E-state index in [4.69, 9.17) is 4.74 Å². The Balaban J connectivity index is 1.53. The number of hydrogen-bond acceptors (Lipinski definition) is 3. The van der Waals surface area contributed by atoms with Crippen LogP contribution in [0.5, 0.6) is 0 Å². The molecule has 0 saturated carbocycles. The highest BCUT2D eigenvalue weighted by molar-refractivity contribution is 5.70. The van der Waals surface area contributed by atoms with E-state index in [0.29, 0.717) is 18.3 Å². The van der Waals surface area contributed by atoms with Gasteiger partial charge in [-0.1, -0.05) is 63.0 Å². The van der Waals surface area contributed by atoms with Crippen molar-refractivity contribution in [2.45, 2.75) is 96.5 Å². The molecular weight excluding hydrogens is 406 g/mol. The van der Waals surface area contributed by atoms with Gasteiger partial charge in [-0.15, -0.1) is 0 Å². The molecule has 3 unspecified atom stereocenters. The zero-order chi connectivity index (χ0) is 22.8. The molecule has 3 heteroatoms. The van der Waals surface area contributed by atoms with E-state index in [2.05, 4.69) is 49.1 Å². The summed E-state index contributed by atoms with van der Waals surface area (Å²) in [5, 5.41) is 0. The molecule has 2 aliphatic heterocycles. The summed E-state index contributed by atoms with van der Waals surface area (Å²) in [6.07, 6.45) is 24.4. The Labute approximate surface area is 200 Å². The number of esters is 1. The van der Waals surface area contributed by atoms with Crippen LogP contribution >= 0.6 is 0 Å². The van der Waals surface area contributed by atoms with Gasteiger partial charge in [-0.2, -0.15) is 0 Å². The molecule has 0 bridgehead atoms. The molecule has 1 saturated heterocycles. The van der Waals surface area contributed by atoms with Gasteiger partial charge in [0.05, 0.1) is 0 Å².